The van der Waals surface area contributed by atoms with E-state index in [1.54, 1.807) is 12.1 Å². The Balaban J connectivity index is 2.80. The summed E-state index contributed by atoms with van der Waals surface area (Å²) in [5.41, 5.74) is 3.40. The van der Waals surface area contributed by atoms with Gasteiger partial charge in [0.05, 0.1) is 17.7 Å². The molecule has 0 radical (unpaired) electrons. The van der Waals surface area contributed by atoms with E-state index in [1.165, 1.54) is 0 Å². The molecule has 102 valence electrons. The number of aliphatic hydroxyl groups is 1. The highest BCUT2D eigenvalue weighted by Crippen LogP contribution is 2.30. The normalized spacial score (nSPS) is 11.4. The van der Waals surface area contributed by atoms with Crippen LogP contribution in [0.15, 0.2) is 18.3 Å². The maximum Gasteiger partial charge on any atom is 0.335 e. The zero-order chi connectivity index (χ0) is 14.2. The second-order valence-corrected chi connectivity index (χ2v) is 5.15. The van der Waals surface area contributed by atoms with Gasteiger partial charge in [-0.2, -0.15) is 0 Å². The van der Waals surface area contributed by atoms with Crippen molar-refractivity contribution in [2.24, 2.45) is 0 Å². The van der Waals surface area contributed by atoms with Crippen LogP contribution in [-0.4, -0.2) is 27.4 Å². The van der Waals surface area contributed by atoms with Gasteiger partial charge in [0.2, 0.25) is 0 Å². The van der Waals surface area contributed by atoms with Crippen LogP contribution in [0.2, 0.25) is 0 Å². The number of hydrogen-bond acceptors (Lipinski definition) is 2. The summed E-state index contributed by atoms with van der Waals surface area (Å²) in [6, 6.07) is 3.45. The van der Waals surface area contributed by atoms with Gasteiger partial charge in [0.1, 0.15) is 0 Å². The average Bonchev–Trinajstić information content (AvgIpc) is 2.66. The van der Waals surface area contributed by atoms with Crippen LogP contribution in [0.4, 0.5) is 0 Å². The predicted molar refractivity (Wildman–Crippen MR) is 74.8 cm³/mol. The standard InChI is InChI=1S/C15H19NO3/c1-9(2)12-6-11(15(18)19)7-13-10(3)8-16(4-5-17)14(12)13/h6-9,17H,4-5H2,1-3H3,(H,18,19). The quantitative estimate of drug-likeness (QED) is 0.889. The van der Waals surface area contributed by atoms with Crippen molar-refractivity contribution in [2.75, 3.05) is 6.61 Å². The maximum atomic E-state index is 11.2. The number of carbonyl (C=O) groups is 1. The molecule has 4 nitrogen and oxygen atoms in total. The van der Waals surface area contributed by atoms with E-state index < -0.39 is 5.97 Å². The van der Waals surface area contributed by atoms with Gasteiger partial charge in [0.25, 0.3) is 0 Å². The smallest absolute Gasteiger partial charge is 0.335 e. The first kappa shape index (κ1) is 13.6. The number of nitrogens with zero attached hydrogens (tertiary/aromatic N) is 1. The first-order valence-corrected chi connectivity index (χ1v) is 6.43. The molecule has 2 rings (SSSR count). The molecule has 4 heteroatoms. The molecule has 0 saturated heterocycles. The lowest BCUT2D eigenvalue weighted by Crippen LogP contribution is -2.05. The van der Waals surface area contributed by atoms with Gasteiger partial charge in [-0.3, -0.25) is 0 Å². The van der Waals surface area contributed by atoms with E-state index >= 15 is 0 Å². The summed E-state index contributed by atoms with van der Waals surface area (Å²) in [6.45, 7) is 6.65. The Kier molecular flexibility index (Phi) is 3.62. The van der Waals surface area contributed by atoms with Crippen molar-refractivity contribution in [1.29, 1.82) is 0 Å². The summed E-state index contributed by atoms with van der Waals surface area (Å²) in [5.74, 6) is -0.674. The summed E-state index contributed by atoms with van der Waals surface area (Å²) in [4.78, 5) is 11.2. The van der Waals surface area contributed by atoms with E-state index in [9.17, 15) is 9.90 Å². The molecule has 0 bridgehead atoms. The fraction of sp³-hybridized carbons (Fsp3) is 0.400. The maximum absolute atomic E-state index is 11.2. The summed E-state index contributed by atoms with van der Waals surface area (Å²) in [6.07, 6.45) is 1.97. The summed E-state index contributed by atoms with van der Waals surface area (Å²) in [7, 11) is 0. The van der Waals surface area contributed by atoms with Gasteiger partial charge in [-0.25, -0.2) is 4.79 Å². The van der Waals surface area contributed by atoms with Gasteiger partial charge in [0.15, 0.2) is 0 Å². The van der Waals surface area contributed by atoms with E-state index in [1.807, 2.05) is 31.5 Å². The Labute approximate surface area is 112 Å². The predicted octanol–water partition coefficient (Wildman–Crippen LogP) is 2.76. The van der Waals surface area contributed by atoms with E-state index in [-0.39, 0.29) is 12.5 Å². The molecule has 0 saturated carbocycles. The third-order valence-electron chi connectivity index (χ3n) is 3.41. The zero-order valence-electron chi connectivity index (χ0n) is 11.5. The number of aromatic carboxylic acids is 1. The largest absolute Gasteiger partial charge is 0.478 e. The van der Waals surface area contributed by atoms with Gasteiger partial charge >= 0.3 is 5.97 Å². The number of hydrogen-bond donors (Lipinski definition) is 2. The molecule has 0 amide bonds. The number of aromatic nitrogens is 1. The lowest BCUT2D eigenvalue weighted by Gasteiger charge is -2.13. The Morgan fingerprint density at radius 1 is 1.37 bits per heavy atom. The van der Waals surface area contributed by atoms with Crippen LogP contribution in [0.5, 0.6) is 0 Å². The van der Waals surface area contributed by atoms with Crippen molar-refractivity contribution in [3.05, 3.63) is 35.0 Å². The minimum Gasteiger partial charge on any atom is -0.478 e. The molecule has 19 heavy (non-hydrogen) atoms. The monoisotopic (exact) mass is 261 g/mol. The Bertz CT molecular complexity index is 626. The molecular formula is C15H19NO3. The summed E-state index contributed by atoms with van der Waals surface area (Å²) >= 11 is 0. The molecule has 0 unspecified atom stereocenters. The number of benzene rings is 1. The summed E-state index contributed by atoms with van der Waals surface area (Å²) < 4.78 is 2.01. The van der Waals surface area contributed by atoms with Crippen LogP contribution in [0.25, 0.3) is 10.9 Å². The van der Waals surface area contributed by atoms with Crippen LogP contribution >= 0.6 is 0 Å². The topological polar surface area (TPSA) is 62.5 Å². The lowest BCUT2D eigenvalue weighted by atomic mass is 9.96. The van der Waals surface area contributed by atoms with Gasteiger partial charge in [-0.05, 0) is 36.1 Å². The van der Waals surface area contributed by atoms with Crippen molar-refractivity contribution in [3.63, 3.8) is 0 Å². The van der Waals surface area contributed by atoms with Crippen LogP contribution < -0.4 is 0 Å². The van der Waals surface area contributed by atoms with E-state index in [0.717, 1.165) is 22.0 Å². The lowest BCUT2D eigenvalue weighted by molar-refractivity contribution is 0.0697. The first-order valence-electron chi connectivity index (χ1n) is 6.43. The van der Waals surface area contributed by atoms with Crippen LogP contribution in [0, 0.1) is 6.92 Å². The SMILES string of the molecule is Cc1cn(CCO)c2c(C(C)C)cc(C(=O)O)cc12. The molecule has 2 aromatic rings. The highest BCUT2D eigenvalue weighted by atomic mass is 16.4. The molecule has 0 aliphatic heterocycles. The highest BCUT2D eigenvalue weighted by molar-refractivity contribution is 5.96. The van der Waals surface area contributed by atoms with Crippen molar-refractivity contribution in [2.45, 2.75) is 33.2 Å². The highest BCUT2D eigenvalue weighted by Gasteiger charge is 2.16. The van der Waals surface area contributed by atoms with E-state index in [2.05, 4.69) is 0 Å². The van der Waals surface area contributed by atoms with Crippen LogP contribution in [0.1, 0.15) is 41.3 Å². The van der Waals surface area contributed by atoms with Crippen molar-refractivity contribution in [3.8, 4) is 0 Å². The van der Waals surface area contributed by atoms with Crippen molar-refractivity contribution >= 4 is 16.9 Å². The molecule has 1 aromatic carbocycles. The Morgan fingerprint density at radius 3 is 2.58 bits per heavy atom. The molecular weight excluding hydrogens is 242 g/mol. The molecule has 1 heterocycles. The second-order valence-electron chi connectivity index (χ2n) is 5.15. The molecule has 2 N–H and O–H groups in total. The number of fused-ring (bicyclic) bond motifs is 1. The van der Waals surface area contributed by atoms with E-state index in [4.69, 9.17) is 5.11 Å². The van der Waals surface area contributed by atoms with Crippen LogP contribution in [0.3, 0.4) is 0 Å². The van der Waals surface area contributed by atoms with Crippen molar-refractivity contribution in [1.82, 2.24) is 4.57 Å². The second kappa shape index (κ2) is 5.05. The molecule has 1 aromatic heterocycles. The number of aliphatic hydroxyl groups excluding tert-OH is 1. The number of carboxylic acid groups (broad SMARTS) is 1. The molecule has 0 spiro atoms. The molecule has 0 fully saturated rings. The third kappa shape index (κ3) is 2.36. The molecule has 0 aliphatic carbocycles. The first-order chi connectivity index (χ1) is 8.95. The fourth-order valence-electron chi connectivity index (χ4n) is 2.49. The van der Waals surface area contributed by atoms with Gasteiger partial charge in [-0.1, -0.05) is 13.8 Å². The minimum absolute atomic E-state index is 0.0709. The van der Waals surface area contributed by atoms with Gasteiger partial charge in [-0.15, -0.1) is 0 Å². The minimum atomic E-state index is -0.905. The number of carboxylic acids is 1. The molecule has 0 atom stereocenters. The molecule has 0 aliphatic rings. The summed E-state index contributed by atoms with van der Waals surface area (Å²) in [5, 5.41) is 19.3. The van der Waals surface area contributed by atoms with Crippen LogP contribution in [-0.2, 0) is 6.54 Å². The number of aryl methyl sites for hydroxylation is 1. The Hall–Kier alpha value is -1.81. The zero-order valence-corrected chi connectivity index (χ0v) is 11.5. The Morgan fingerprint density at radius 2 is 2.05 bits per heavy atom. The third-order valence-corrected chi connectivity index (χ3v) is 3.41. The van der Waals surface area contributed by atoms with Gasteiger partial charge < -0.3 is 14.8 Å². The van der Waals surface area contributed by atoms with Crippen molar-refractivity contribution < 1.29 is 15.0 Å². The van der Waals surface area contributed by atoms with Gasteiger partial charge in [0, 0.05) is 18.1 Å². The number of rotatable bonds is 4. The average molecular weight is 261 g/mol. The van der Waals surface area contributed by atoms with E-state index in [0.29, 0.717) is 12.1 Å². The fourth-order valence-corrected chi connectivity index (χ4v) is 2.49.